The average Bonchev–Trinajstić information content (AvgIpc) is 2.30. The van der Waals surface area contributed by atoms with Gasteiger partial charge < -0.3 is 9.47 Å². The Hall–Kier alpha value is -1.12. The van der Waals surface area contributed by atoms with Crippen molar-refractivity contribution >= 4 is 47.6 Å². The molecule has 1 aromatic rings. The lowest BCUT2D eigenvalue weighted by Crippen LogP contribution is -2.14. The maximum absolute atomic E-state index is 11.4. The minimum Gasteiger partial charge on any atom is -0.493 e. The van der Waals surface area contributed by atoms with E-state index in [2.05, 4.69) is 9.91 Å². The van der Waals surface area contributed by atoms with Crippen LogP contribution in [0.15, 0.2) is 11.2 Å². The molecule has 0 aromatic heterocycles. The van der Waals surface area contributed by atoms with Crippen molar-refractivity contribution in [1.29, 1.82) is 0 Å². The van der Waals surface area contributed by atoms with E-state index in [0.29, 0.717) is 3.57 Å². The molecule has 0 saturated heterocycles. The molecule has 0 fully saturated rings. The molecule has 0 N–H and O–H groups in total. The van der Waals surface area contributed by atoms with Crippen molar-refractivity contribution in [3.8, 4) is 5.75 Å². The van der Waals surface area contributed by atoms with Crippen LogP contribution in [0.1, 0.15) is 10.4 Å². The molecule has 0 saturated carbocycles. The number of halogens is 1. The first-order valence-electron chi connectivity index (χ1n) is 4.14. The van der Waals surface area contributed by atoms with Crippen LogP contribution in [0.5, 0.6) is 5.75 Å². The van der Waals surface area contributed by atoms with Gasteiger partial charge in [0.2, 0.25) is 0 Å². The molecule has 2 radical (unpaired) electrons. The Balaban J connectivity index is 3.56. The number of rotatable bonds is 3. The smallest absolute Gasteiger partial charge is 0.341 e. The van der Waals surface area contributed by atoms with Gasteiger partial charge in [-0.05, 0) is 33.8 Å². The lowest BCUT2D eigenvalue weighted by Gasteiger charge is -2.11. The Bertz CT molecular complexity index is 450. The highest BCUT2D eigenvalue weighted by atomic mass is 127. The second-order valence-electron chi connectivity index (χ2n) is 2.78. The van der Waals surface area contributed by atoms with Crippen LogP contribution in [0.2, 0.25) is 0 Å². The first kappa shape index (κ1) is 13.0. The fourth-order valence-corrected chi connectivity index (χ4v) is 1.76. The van der Waals surface area contributed by atoms with Crippen molar-refractivity contribution < 1.29 is 14.3 Å². The first-order chi connectivity index (χ1) is 7.56. The summed E-state index contributed by atoms with van der Waals surface area (Å²) in [6.45, 7) is 0. The van der Waals surface area contributed by atoms with Gasteiger partial charge >= 0.3 is 5.97 Å². The molecule has 1 rings (SSSR count). The normalized spacial score (nSPS) is 9.69. The highest BCUT2D eigenvalue weighted by Crippen LogP contribution is 2.31. The van der Waals surface area contributed by atoms with Crippen LogP contribution in [0, 0.1) is 8.48 Å². The molecule has 7 heteroatoms. The molecule has 0 spiro atoms. The van der Waals surface area contributed by atoms with Crippen LogP contribution in [-0.2, 0) is 4.74 Å². The molecule has 0 amide bonds. The molecular formula is C9H7BINO4. The zero-order valence-corrected chi connectivity index (χ0v) is 10.8. The summed E-state index contributed by atoms with van der Waals surface area (Å²) in [5.41, 5.74) is 0.216. The highest BCUT2D eigenvalue weighted by molar-refractivity contribution is 14.1. The molecule has 82 valence electrons. The van der Waals surface area contributed by atoms with Crippen LogP contribution in [0.25, 0.3) is 0 Å². The van der Waals surface area contributed by atoms with Gasteiger partial charge in [-0.2, -0.15) is 0 Å². The number of carbonyl (C=O) groups excluding carboxylic acids is 1. The van der Waals surface area contributed by atoms with E-state index in [-0.39, 0.29) is 22.5 Å². The molecule has 16 heavy (non-hydrogen) atoms. The Kier molecular flexibility index (Phi) is 4.28. The van der Waals surface area contributed by atoms with Crippen molar-refractivity contribution in [2.24, 2.45) is 5.18 Å². The number of esters is 1. The predicted molar refractivity (Wildman–Crippen MR) is 67.9 cm³/mol. The maximum atomic E-state index is 11.4. The second-order valence-corrected chi connectivity index (χ2v) is 3.95. The van der Waals surface area contributed by atoms with E-state index in [1.165, 1.54) is 20.3 Å². The third-order valence-corrected chi connectivity index (χ3v) is 2.84. The Morgan fingerprint density at radius 1 is 1.50 bits per heavy atom. The van der Waals surface area contributed by atoms with E-state index >= 15 is 0 Å². The lowest BCUT2D eigenvalue weighted by atomic mass is 9.92. The Morgan fingerprint density at radius 3 is 2.56 bits per heavy atom. The van der Waals surface area contributed by atoms with E-state index in [0.717, 1.165) is 0 Å². The number of benzene rings is 1. The average molecular weight is 331 g/mol. The topological polar surface area (TPSA) is 65.0 Å². The zero-order chi connectivity index (χ0) is 12.3. The molecule has 0 unspecified atom stereocenters. The summed E-state index contributed by atoms with van der Waals surface area (Å²) in [5.74, 6) is -0.584. The van der Waals surface area contributed by atoms with E-state index in [1.54, 1.807) is 0 Å². The number of nitrogens with zero attached hydrogens (tertiary/aromatic N) is 1. The molecule has 1 aromatic carbocycles. The minimum absolute atomic E-state index is 0.0276. The van der Waals surface area contributed by atoms with E-state index < -0.39 is 5.97 Å². The van der Waals surface area contributed by atoms with Crippen molar-refractivity contribution in [1.82, 2.24) is 0 Å². The van der Waals surface area contributed by atoms with Gasteiger partial charge in [0, 0.05) is 3.57 Å². The van der Waals surface area contributed by atoms with Gasteiger partial charge in [0.1, 0.15) is 19.1 Å². The monoisotopic (exact) mass is 331 g/mol. The van der Waals surface area contributed by atoms with Crippen LogP contribution in [0.4, 0.5) is 5.69 Å². The number of carbonyl (C=O) groups is 1. The molecule has 5 nitrogen and oxygen atoms in total. The van der Waals surface area contributed by atoms with E-state index in [4.69, 9.17) is 12.6 Å². The fourth-order valence-electron chi connectivity index (χ4n) is 1.19. The van der Waals surface area contributed by atoms with Gasteiger partial charge in [0.15, 0.2) is 5.75 Å². The summed E-state index contributed by atoms with van der Waals surface area (Å²) in [6, 6.07) is 1.48. The molecule has 0 bridgehead atoms. The summed E-state index contributed by atoms with van der Waals surface area (Å²) >= 11 is 1.89. The van der Waals surface area contributed by atoms with Crippen molar-refractivity contribution in [3.63, 3.8) is 0 Å². The SMILES string of the molecule is [B]c1c(I)cc(C(=O)OC)c(OC)c1N=O. The molecule has 0 aliphatic heterocycles. The number of methoxy groups -OCH3 is 2. The quantitative estimate of drug-likeness (QED) is 0.362. The van der Waals surface area contributed by atoms with Gasteiger partial charge in [-0.25, -0.2) is 4.79 Å². The number of ether oxygens (including phenoxy) is 2. The van der Waals surface area contributed by atoms with Crippen LogP contribution in [-0.4, -0.2) is 28.0 Å². The number of hydrogen-bond acceptors (Lipinski definition) is 5. The third kappa shape index (κ3) is 2.18. The first-order valence-corrected chi connectivity index (χ1v) is 5.22. The van der Waals surface area contributed by atoms with E-state index in [1.807, 2.05) is 22.6 Å². The zero-order valence-electron chi connectivity index (χ0n) is 8.61. The summed E-state index contributed by atoms with van der Waals surface area (Å²) in [4.78, 5) is 22.1. The fraction of sp³-hybridized carbons (Fsp3) is 0.222. The van der Waals surface area contributed by atoms with Crippen LogP contribution < -0.4 is 10.2 Å². The van der Waals surface area contributed by atoms with Crippen molar-refractivity contribution in [3.05, 3.63) is 20.1 Å². The maximum Gasteiger partial charge on any atom is 0.341 e. The molecule has 0 atom stereocenters. The molecule has 0 aliphatic rings. The molecule has 0 aliphatic carbocycles. The van der Waals surface area contributed by atoms with Crippen molar-refractivity contribution in [2.45, 2.75) is 0 Å². The van der Waals surface area contributed by atoms with Crippen LogP contribution in [0.3, 0.4) is 0 Å². The van der Waals surface area contributed by atoms with Crippen molar-refractivity contribution in [2.75, 3.05) is 14.2 Å². The minimum atomic E-state index is -0.611. The van der Waals surface area contributed by atoms with Gasteiger partial charge in [0.25, 0.3) is 0 Å². The number of nitroso groups, excluding NO2 is 1. The van der Waals surface area contributed by atoms with Gasteiger partial charge in [-0.1, -0.05) is 5.46 Å². The summed E-state index contributed by atoms with van der Waals surface area (Å²) in [5, 5.41) is 2.77. The number of hydrogen-bond donors (Lipinski definition) is 0. The second kappa shape index (κ2) is 5.28. The van der Waals surface area contributed by atoms with Gasteiger partial charge in [-0.3, -0.25) is 0 Å². The molecule has 0 heterocycles. The molecular weight excluding hydrogens is 324 g/mol. The van der Waals surface area contributed by atoms with E-state index in [9.17, 15) is 9.70 Å². The van der Waals surface area contributed by atoms with Gasteiger partial charge in [0.05, 0.1) is 14.2 Å². The van der Waals surface area contributed by atoms with Gasteiger partial charge in [-0.15, -0.1) is 4.91 Å². The Morgan fingerprint density at radius 2 is 2.12 bits per heavy atom. The standard InChI is InChI=1S/C9H7BINO4/c1-15-8-4(9(13)16-2)3-5(11)6(10)7(8)12-14/h3H,1-2H3. The third-order valence-electron chi connectivity index (χ3n) is 1.94. The summed E-state index contributed by atoms with van der Waals surface area (Å²) < 4.78 is 10.1. The van der Waals surface area contributed by atoms with Crippen LogP contribution >= 0.6 is 22.6 Å². The largest absolute Gasteiger partial charge is 0.493 e. The predicted octanol–water partition coefficient (Wildman–Crippen LogP) is 1.28. The Labute approximate surface area is 107 Å². The highest BCUT2D eigenvalue weighted by Gasteiger charge is 2.20. The summed E-state index contributed by atoms with van der Waals surface area (Å²) in [7, 11) is 8.20. The summed E-state index contributed by atoms with van der Waals surface area (Å²) in [6.07, 6.45) is 0. The lowest BCUT2D eigenvalue weighted by molar-refractivity contribution is 0.0597.